The zero-order valence-corrected chi connectivity index (χ0v) is 13.0. The molecule has 1 aliphatic rings. The van der Waals surface area contributed by atoms with Crippen LogP contribution < -0.4 is 11.1 Å². The van der Waals surface area contributed by atoms with E-state index in [9.17, 15) is 9.18 Å². The third-order valence-electron chi connectivity index (χ3n) is 4.05. The van der Waals surface area contributed by atoms with E-state index < -0.39 is 5.82 Å². The van der Waals surface area contributed by atoms with Crippen LogP contribution in [-0.4, -0.2) is 23.1 Å². The minimum absolute atomic E-state index is 0.0269. The lowest BCUT2D eigenvalue weighted by Crippen LogP contribution is -2.32. The summed E-state index contributed by atoms with van der Waals surface area (Å²) in [7, 11) is 0. The van der Waals surface area contributed by atoms with E-state index in [2.05, 4.69) is 5.32 Å². The second-order valence-corrected chi connectivity index (χ2v) is 5.91. The molecule has 1 heterocycles. The van der Waals surface area contributed by atoms with Crippen molar-refractivity contribution in [3.8, 4) is 0 Å². The number of amides is 1. The summed E-state index contributed by atoms with van der Waals surface area (Å²) in [6.45, 7) is 5.81. The van der Waals surface area contributed by atoms with Crippen LogP contribution in [0.4, 0.5) is 10.1 Å². The summed E-state index contributed by atoms with van der Waals surface area (Å²) >= 11 is 4.90. The minimum Gasteiger partial charge on any atom is -0.389 e. The number of carbonyl (C=O) groups is 1. The van der Waals surface area contributed by atoms with Crippen molar-refractivity contribution in [3.05, 3.63) is 29.6 Å². The topological polar surface area (TPSA) is 64.3 Å². The number of benzene rings is 1. The molecule has 1 aromatic carbocycles. The van der Waals surface area contributed by atoms with Crippen molar-refractivity contribution in [3.63, 3.8) is 0 Å². The van der Waals surface area contributed by atoms with E-state index >= 15 is 0 Å². The average molecular weight is 310 g/mol. The Labute approximate surface area is 128 Å². The van der Waals surface area contributed by atoms with Gasteiger partial charge in [0.2, 0.25) is 5.91 Å². The van der Waals surface area contributed by atoms with E-state index in [0.29, 0.717) is 11.3 Å². The van der Waals surface area contributed by atoms with Crippen LogP contribution in [0.2, 0.25) is 0 Å². The second-order valence-electron chi connectivity index (χ2n) is 5.47. The maximum absolute atomic E-state index is 13.3. The first kappa shape index (κ1) is 15.9. The highest BCUT2D eigenvalue weighted by atomic mass is 32.1. The molecule has 1 amide bonds. The second kappa shape index (κ2) is 6.07. The van der Waals surface area contributed by atoms with Crippen molar-refractivity contribution in [1.29, 1.82) is 0 Å². The van der Waals surface area contributed by atoms with Gasteiger partial charge >= 0.3 is 0 Å². The summed E-state index contributed by atoms with van der Waals surface area (Å²) in [6.07, 6.45) is -0.136. The first-order valence-corrected chi connectivity index (χ1v) is 7.27. The number of thiocarbonyl (C=S) groups is 1. The Hall–Kier alpha value is -1.53. The fourth-order valence-electron chi connectivity index (χ4n) is 2.76. The van der Waals surface area contributed by atoms with Crippen LogP contribution in [0.1, 0.15) is 26.3 Å². The number of halogens is 1. The van der Waals surface area contributed by atoms with Gasteiger partial charge in [0.05, 0.1) is 23.8 Å². The quantitative estimate of drug-likeness (QED) is 0.842. The minimum atomic E-state index is -0.449. The molecule has 0 bridgehead atoms. The van der Waals surface area contributed by atoms with Gasteiger partial charge in [-0.2, -0.15) is 0 Å². The fourth-order valence-corrected chi connectivity index (χ4v) is 2.93. The monoisotopic (exact) mass is 310 g/mol. The number of carbonyl (C=O) groups excluding carboxylic acids is 1. The number of nitrogens with two attached hydrogens (primary N) is 1. The number of hydrogen-bond donors (Lipinski definition) is 2. The lowest BCUT2D eigenvalue weighted by Gasteiger charge is -2.19. The standard InChI is InChI=1S/C15H19FN2O2S/c1-7-8(2)20-9(3)13(7)15(19)18-12-5-4-10(16)6-11(12)14(17)21/h4-9,13H,1-3H3,(H2,17,21)(H,18,19). The molecule has 0 radical (unpaired) electrons. The van der Waals surface area contributed by atoms with Crippen LogP contribution in [0.15, 0.2) is 18.2 Å². The maximum Gasteiger partial charge on any atom is 0.230 e. The van der Waals surface area contributed by atoms with Crippen LogP contribution in [-0.2, 0) is 9.53 Å². The molecule has 0 aliphatic carbocycles. The van der Waals surface area contributed by atoms with E-state index in [1.54, 1.807) is 0 Å². The summed E-state index contributed by atoms with van der Waals surface area (Å²) in [4.78, 5) is 12.5. The molecule has 4 unspecified atom stereocenters. The smallest absolute Gasteiger partial charge is 0.230 e. The summed E-state index contributed by atoms with van der Waals surface area (Å²) in [5, 5.41) is 2.79. The molecule has 1 aliphatic heterocycles. The summed E-state index contributed by atoms with van der Waals surface area (Å²) in [5.74, 6) is -0.767. The van der Waals surface area contributed by atoms with Gasteiger partial charge in [-0.3, -0.25) is 4.79 Å². The molecule has 4 atom stereocenters. The van der Waals surface area contributed by atoms with Crippen LogP contribution in [0.3, 0.4) is 0 Å². The Kier molecular flexibility index (Phi) is 4.58. The Morgan fingerprint density at radius 1 is 1.33 bits per heavy atom. The number of hydrogen-bond acceptors (Lipinski definition) is 3. The van der Waals surface area contributed by atoms with Crippen molar-refractivity contribution < 1.29 is 13.9 Å². The van der Waals surface area contributed by atoms with Gasteiger partial charge in [0.15, 0.2) is 0 Å². The summed E-state index contributed by atoms with van der Waals surface area (Å²) < 4.78 is 18.9. The van der Waals surface area contributed by atoms with Gasteiger partial charge < -0.3 is 15.8 Å². The Morgan fingerprint density at radius 3 is 2.52 bits per heavy atom. The van der Waals surface area contributed by atoms with Gasteiger partial charge in [0.25, 0.3) is 0 Å². The van der Waals surface area contributed by atoms with E-state index in [1.807, 2.05) is 20.8 Å². The molecule has 2 rings (SSSR count). The third kappa shape index (κ3) is 3.22. The van der Waals surface area contributed by atoms with E-state index in [4.69, 9.17) is 22.7 Å². The molecule has 0 saturated carbocycles. The molecule has 6 heteroatoms. The van der Waals surface area contributed by atoms with Crippen molar-refractivity contribution >= 4 is 28.8 Å². The summed E-state index contributed by atoms with van der Waals surface area (Å²) in [5.41, 5.74) is 6.33. The van der Waals surface area contributed by atoms with Gasteiger partial charge in [-0.15, -0.1) is 0 Å². The van der Waals surface area contributed by atoms with Gasteiger partial charge in [-0.05, 0) is 38.0 Å². The third-order valence-corrected chi connectivity index (χ3v) is 4.27. The molecular weight excluding hydrogens is 291 g/mol. The molecule has 4 nitrogen and oxygen atoms in total. The lowest BCUT2D eigenvalue weighted by atomic mass is 9.88. The molecule has 0 spiro atoms. The predicted molar refractivity (Wildman–Crippen MR) is 83.6 cm³/mol. The van der Waals surface area contributed by atoms with Crippen molar-refractivity contribution in [1.82, 2.24) is 0 Å². The predicted octanol–water partition coefficient (Wildman–Crippen LogP) is 2.46. The highest BCUT2D eigenvalue weighted by molar-refractivity contribution is 7.80. The SMILES string of the molecule is CC1OC(C)C(C(=O)Nc2ccc(F)cc2C(N)=S)C1C. The first-order valence-electron chi connectivity index (χ1n) is 6.87. The molecule has 114 valence electrons. The Bertz CT molecular complexity index is 579. The van der Waals surface area contributed by atoms with Crippen molar-refractivity contribution in [2.45, 2.75) is 33.0 Å². The zero-order valence-electron chi connectivity index (χ0n) is 12.2. The molecular formula is C15H19FN2O2S. The molecule has 1 aromatic rings. The lowest BCUT2D eigenvalue weighted by molar-refractivity contribution is -0.121. The number of nitrogens with one attached hydrogen (secondary N) is 1. The van der Waals surface area contributed by atoms with E-state index in [1.165, 1.54) is 18.2 Å². The fraction of sp³-hybridized carbons (Fsp3) is 0.467. The largest absolute Gasteiger partial charge is 0.389 e. The number of ether oxygens (including phenoxy) is 1. The Morgan fingerprint density at radius 2 is 2.00 bits per heavy atom. The molecule has 21 heavy (non-hydrogen) atoms. The zero-order chi connectivity index (χ0) is 15.7. The van der Waals surface area contributed by atoms with Crippen LogP contribution in [0.25, 0.3) is 0 Å². The van der Waals surface area contributed by atoms with E-state index in [-0.39, 0.29) is 34.9 Å². The highest BCUT2D eigenvalue weighted by Crippen LogP contribution is 2.33. The molecule has 0 aromatic heterocycles. The molecule has 1 saturated heterocycles. The summed E-state index contributed by atoms with van der Waals surface area (Å²) in [6, 6.07) is 3.95. The number of anilines is 1. The van der Waals surface area contributed by atoms with E-state index in [0.717, 1.165) is 0 Å². The van der Waals surface area contributed by atoms with Gasteiger partial charge in [-0.1, -0.05) is 19.1 Å². The molecule has 1 fully saturated rings. The van der Waals surface area contributed by atoms with Crippen molar-refractivity contribution in [2.75, 3.05) is 5.32 Å². The van der Waals surface area contributed by atoms with Crippen molar-refractivity contribution in [2.24, 2.45) is 17.6 Å². The Balaban J connectivity index is 2.22. The van der Waals surface area contributed by atoms with Gasteiger partial charge in [0, 0.05) is 5.56 Å². The normalized spacial score (nSPS) is 28.4. The van der Waals surface area contributed by atoms with Gasteiger partial charge in [-0.25, -0.2) is 4.39 Å². The van der Waals surface area contributed by atoms with Gasteiger partial charge in [0.1, 0.15) is 10.8 Å². The van der Waals surface area contributed by atoms with Crippen LogP contribution >= 0.6 is 12.2 Å². The number of rotatable bonds is 3. The highest BCUT2D eigenvalue weighted by Gasteiger charge is 2.41. The van der Waals surface area contributed by atoms with Crippen LogP contribution in [0, 0.1) is 17.7 Å². The average Bonchev–Trinajstić information content (AvgIpc) is 2.65. The molecule has 3 N–H and O–H groups in total. The van der Waals surface area contributed by atoms with Crippen LogP contribution in [0.5, 0.6) is 0 Å². The maximum atomic E-state index is 13.3. The first-order chi connectivity index (χ1) is 9.81.